The van der Waals surface area contributed by atoms with Crippen LogP contribution in [0.5, 0.6) is 0 Å². The van der Waals surface area contributed by atoms with E-state index in [-0.39, 0.29) is 11.8 Å². The fraction of sp³-hybridized carbons (Fsp3) is 0.429. The second-order valence-corrected chi connectivity index (χ2v) is 5.56. The molecule has 1 heterocycles. The number of carbonyl (C=O) groups is 2. The Morgan fingerprint density at radius 1 is 1.26 bits per heavy atom. The van der Waals surface area contributed by atoms with Gasteiger partial charge in [-0.05, 0) is 47.8 Å². The number of carbonyl (C=O) groups excluding carboxylic acids is 2. The third-order valence-corrected chi connectivity index (χ3v) is 3.95. The first-order valence-corrected chi connectivity index (χ1v) is 7.23. The van der Waals surface area contributed by atoms with Crippen LogP contribution in [0, 0.1) is 0 Å². The first kappa shape index (κ1) is 14.1. The van der Waals surface area contributed by atoms with Crippen LogP contribution in [0.15, 0.2) is 28.7 Å². The van der Waals surface area contributed by atoms with Gasteiger partial charge < -0.3 is 10.2 Å². The molecular weight excluding hydrogens is 308 g/mol. The molecule has 19 heavy (non-hydrogen) atoms. The predicted molar refractivity (Wildman–Crippen MR) is 76.9 cm³/mol. The van der Waals surface area contributed by atoms with Crippen molar-refractivity contribution in [3.63, 3.8) is 0 Å². The molecule has 0 aromatic heterocycles. The molecule has 4 nitrogen and oxygen atoms in total. The molecule has 0 aliphatic carbocycles. The molecule has 0 radical (unpaired) electrons. The molecule has 1 saturated heterocycles. The van der Waals surface area contributed by atoms with E-state index in [1.807, 2.05) is 17.0 Å². The van der Waals surface area contributed by atoms with Gasteiger partial charge in [-0.15, -0.1) is 0 Å². The lowest BCUT2D eigenvalue weighted by molar-refractivity contribution is -0.131. The molecule has 2 rings (SSSR count). The third-order valence-electron chi connectivity index (χ3n) is 3.25. The van der Waals surface area contributed by atoms with Crippen molar-refractivity contribution in [3.8, 4) is 0 Å². The molecule has 1 aliphatic rings. The van der Waals surface area contributed by atoms with Gasteiger partial charge in [0.1, 0.15) is 6.04 Å². The van der Waals surface area contributed by atoms with Crippen molar-refractivity contribution in [3.05, 3.63) is 34.3 Å². The van der Waals surface area contributed by atoms with Gasteiger partial charge in [0, 0.05) is 17.6 Å². The highest BCUT2D eigenvalue weighted by Crippen LogP contribution is 2.16. The van der Waals surface area contributed by atoms with Crippen LogP contribution in [0.3, 0.4) is 0 Å². The van der Waals surface area contributed by atoms with Crippen LogP contribution in [-0.4, -0.2) is 35.8 Å². The lowest BCUT2D eigenvalue weighted by Gasteiger charge is -2.21. The van der Waals surface area contributed by atoms with Crippen LogP contribution in [0.1, 0.15) is 30.1 Å². The van der Waals surface area contributed by atoms with Crippen molar-refractivity contribution in [2.24, 2.45) is 0 Å². The minimum Gasteiger partial charge on any atom is -0.341 e. The van der Waals surface area contributed by atoms with Crippen molar-refractivity contribution in [2.45, 2.75) is 25.8 Å². The van der Waals surface area contributed by atoms with Gasteiger partial charge in [0.15, 0.2) is 0 Å². The van der Waals surface area contributed by atoms with Gasteiger partial charge in [0.05, 0.1) is 5.56 Å². The zero-order valence-electron chi connectivity index (χ0n) is 10.9. The Kier molecular flexibility index (Phi) is 4.58. The molecule has 1 aromatic rings. The number of hydrogen-bond donors (Lipinski definition) is 1. The highest BCUT2D eigenvalue weighted by molar-refractivity contribution is 9.10. The van der Waals surface area contributed by atoms with Crippen molar-refractivity contribution in [2.75, 3.05) is 13.1 Å². The molecular formula is C14H17BrN2O2. The first-order valence-electron chi connectivity index (χ1n) is 6.44. The number of halogens is 1. The molecule has 2 amide bonds. The zero-order chi connectivity index (χ0) is 13.8. The number of nitrogens with zero attached hydrogens (tertiary/aromatic N) is 1. The molecule has 102 valence electrons. The van der Waals surface area contributed by atoms with Crippen molar-refractivity contribution >= 4 is 27.7 Å². The van der Waals surface area contributed by atoms with Crippen LogP contribution in [0.4, 0.5) is 0 Å². The Labute approximate surface area is 121 Å². The fourth-order valence-electron chi connectivity index (χ4n) is 2.19. The summed E-state index contributed by atoms with van der Waals surface area (Å²) in [5, 5.41) is 2.75. The van der Waals surface area contributed by atoms with Gasteiger partial charge in [0.25, 0.3) is 5.91 Å². The SMILES string of the molecule is C[C@@H](NC(=O)c1ccccc1Br)C(=O)N1CCCC1. The summed E-state index contributed by atoms with van der Waals surface area (Å²) >= 11 is 3.33. The third kappa shape index (κ3) is 3.35. The predicted octanol–water partition coefficient (Wildman–Crippen LogP) is 2.19. The summed E-state index contributed by atoms with van der Waals surface area (Å²) in [6.45, 7) is 3.33. The molecule has 0 spiro atoms. The van der Waals surface area contributed by atoms with Crippen LogP contribution in [0.2, 0.25) is 0 Å². The van der Waals surface area contributed by atoms with Gasteiger partial charge in [-0.3, -0.25) is 9.59 Å². The van der Waals surface area contributed by atoms with E-state index in [1.165, 1.54) is 0 Å². The average Bonchev–Trinajstić information content (AvgIpc) is 2.92. The Morgan fingerprint density at radius 2 is 1.89 bits per heavy atom. The van der Waals surface area contributed by atoms with Gasteiger partial charge >= 0.3 is 0 Å². The Morgan fingerprint density at radius 3 is 2.53 bits per heavy atom. The summed E-state index contributed by atoms with van der Waals surface area (Å²) in [7, 11) is 0. The van der Waals surface area contributed by atoms with E-state index in [1.54, 1.807) is 19.1 Å². The maximum absolute atomic E-state index is 12.1. The van der Waals surface area contributed by atoms with Crippen molar-refractivity contribution in [1.29, 1.82) is 0 Å². The van der Waals surface area contributed by atoms with Crippen LogP contribution in [0.25, 0.3) is 0 Å². The molecule has 1 aliphatic heterocycles. The summed E-state index contributed by atoms with van der Waals surface area (Å²) in [5.41, 5.74) is 0.545. The molecule has 0 unspecified atom stereocenters. The number of likely N-dealkylation sites (tertiary alicyclic amines) is 1. The van der Waals surface area contributed by atoms with E-state index < -0.39 is 6.04 Å². The first-order chi connectivity index (χ1) is 9.09. The monoisotopic (exact) mass is 324 g/mol. The Bertz CT molecular complexity index is 484. The molecule has 1 aromatic carbocycles. The molecule has 0 bridgehead atoms. The average molecular weight is 325 g/mol. The second-order valence-electron chi connectivity index (χ2n) is 4.71. The highest BCUT2D eigenvalue weighted by Gasteiger charge is 2.24. The fourth-order valence-corrected chi connectivity index (χ4v) is 2.66. The minimum atomic E-state index is -0.488. The standard InChI is InChI=1S/C14H17BrN2O2/c1-10(14(19)17-8-4-5-9-17)16-13(18)11-6-2-3-7-12(11)15/h2-3,6-7,10H,4-5,8-9H2,1H3,(H,16,18)/t10-/m1/s1. The van der Waals surface area contributed by atoms with E-state index in [2.05, 4.69) is 21.2 Å². The summed E-state index contributed by atoms with van der Waals surface area (Å²) < 4.78 is 0.730. The summed E-state index contributed by atoms with van der Waals surface area (Å²) in [6.07, 6.45) is 2.10. The number of rotatable bonds is 3. The van der Waals surface area contributed by atoms with Crippen LogP contribution >= 0.6 is 15.9 Å². The summed E-state index contributed by atoms with van der Waals surface area (Å²) in [6, 6.07) is 6.69. The summed E-state index contributed by atoms with van der Waals surface area (Å²) in [5.74, 6) is -0.231. The van der Waals surface area contributed by atoms with Gasteiger partial charge in [-0.2, -0.15) is 0 Å². The Balaban J connectivity index is 1.98. The molecule has 1 fully saturated rings. The maximum atomic E-state index is 12.1. The minimum absolute atomic E-state index is 0.00194. The molecule has 5 heteroatoms. The zero-order valence-corrected chi connectivity index (χ0v) is 12.4. The second kappa shape index (κ2) is 6.19. The number of hydrogen-bond acceptors (Lipinski definition) is 2. The molecule has 0 saturated carbocycles. The van der Waals surface area contributed by atoms with E-state index >= 15 is 0 Å². The van der Waals surface area contributed by atoms with E-state index in [0.29, 0.717) is 5.56 Å². The normalized spacial score (nSPS) is 16.2. The van der Waals surface area contributed by atoms with Gasteiger partial charge in [-0.1, -0.05) is 12.1 Å². The molecule has 1 atom stereocenters. The van der Waals surface area contributed by atoms with Crippen LogP contribution in [-0.2, 0) is 4.79 Å². The topological polar surface area (TPSA) is 49.4 Å². The lowest BCUT2D eigenvalue weighted by Crippen LogP contribution is -2.46. The highest BCUT2D eigenvalue weighted by atomic mass is 79.9. The van der Waals surface area contributed by atoms with E-state index in [4.69, 9.17) is 0 Å². The Hall–Kier alpha value is -1.36. The molecule has 1 N–H and O–H groups in total. The quantitative estimate of drug-likeness (QED) is 0.926. The van der Waals surface area contributed by atoms with E-state index in [0.717, 1.165) is 30.4 Å². The number of nitrogens with one attached hydrogen (secondary N) is 1. The van der Waals surface area contributed by atoms with Crippen LogP contribution < -0.4 is 5.32 Å². The number of amides is 2. The maximum Gasteiger partial charge on any atom is 0.253 e. The van der Waals surface area contributed by atoms with E-state index in [9.17, 15) is 9.59 Å². The number of benzene rings is 1. The van der Waals surface area contributed by atoms with Crippen molar-refractivity contribution < 1.29 is 9.59 Å². The summed E-state index contributed by atoms with van der Waals surface area (Å²) in [4.78, 5) is 26.0. The lowest BCUT2D eigenvalue weighted by atomic mass is 10.2. The largest absolute Gasteiger partial charge is 0.341 e. The van der Waals surface area contributed by atoms with Gasteiger partial charge in [0.2, 0.25) is 5.91 Å². The van der Waals surface area contributed by atoms with Gasteiger partial charge in [-0.25, -0.2) is 0 Å². The van der Waals surface area contributed by atoms with Crippen molar-refractivity contribution in [1.82, 2.24) is 10.2 Å². The smallest absolute Gasteiger partial charge is 0.253 e.